The highest BCUT2D eigenvalue weighted by Crippen LogP contribution is 2.31. The van der Waals surface area contributed by atoms with Crippen molar-refractivity contribution in [1.82, 2.24) is 5.01 Å². The van der Waals surface area contributed by atoms with Crippen LogP contribution in [0.2, 0.25) is 5.02 Å². The summed E-state index contributed by atoms with van der Waals surface area (Å²) in [5.74, 6) is 1.05. The van der Waals surface area contributed by atoms with E-state index < -0.39 is 5.91 Å². The summed E-state index contributed by atoms with van der Waals surface area (Å²) >= 11 is 7.37. The maximum atomic E-state index is 12.5. The molecule has 4 rings (SSSR count). The summed E-state index contributed by atoms with van der Waals surface area (Å²) in [5.41, 5.74) is 0.979. The van der Waals surface area contributed by atoms with Gasteiger partial charge in [0.05, 0.1) is 5.57 Å². The fourth-order valence-corrected chi connectivity index (χ4v) is 4.12. The average Bonchev–Trinajstić information content (AvgIpc) is 3.25. The van der Waals surface area contributed by atoms with Gasteiger partial charge in [-0.2, -0.15) is 15.1 Å². The number of nitrogens with zero attached hydrogens (tertiary/aromatic N) is 3. The Morgan fingerprint density at radius 1 is 1.32 bits per heavy atom. The maximum absolute atomic E-state index is 12.5. The summed E-state index contributed by atoms with van der Waals surface area (Å²) in [7, 11) is 0. The van der Waals surface area contributed by atoms with Gasteiger partial charge < -0.3 is 4.42 Å². The second-order valence-electron chi connectivity index (χ2n) is 6.82. The van der Waals surface area contributed by atoms with Gasteiger partial charge in [0.15, 0.2) is 5.84 Å². The highest BCUT2D eigenvalue weighted by atomic mass is 35.5. The predicted molar refractivity (Wildman–Crippen MR) is 114 cm³/mol. The van der Waals surface area contributed by atoms with Gasteiger partial charge in [-0.1, -0.05) is 37.6 Å². The molecular weight excluding hydrogens is 396 g/mol. The molecule has 0 saturated heterocycles. The molecule has 2 aliphatic heterocycles. The molecule has 1 amide bonds. The standard InChI is InChI=1S/C20H17ClN4O2S/c1-11(2)8-17-24-25-18(22)15(19(26)23-20(25)28-17)10-14-6-7-16(27-14)12-4-3-5-13(21)9-12/h3-7,9-11,22H,8H2,1-2H3/b15-10+,22-18?. The van der Waals surface area contributed by atoms with Crippen LogP contribution in [0, 0.1) is 11.3 Å². The van der Waals surface area contributed by atoms with Gasteiger partial charge in [0.2, 0.25) is 5.17 Å². The number of aliphatic imine (C=N–C) groups is 1. The number of halogens is 1. The lowest BCUT2D eigenvalue weighted by Gasteiger charge is -2.19. The number of hydrazone groups is 1. The zero-order valence-electron chi connectivity index (χ0n) is 15.3. The van der Waals surface area contributed by atoms with Crippen molar-refractivity contribution in [2.24, 2.45) is 16.0 Å². The number of nitrogens with one attached hydrogen (secondary N) is 1. The van der Waals surface area contributed by atoms with Gasteiger partial charge in [0.25, 0.3) is 5.91 Å². The van der Waals surface area contributed by atoms with Crippen LogP contribution < -0.4 is 0 Å². The van der Waals surface area contributed by atoms with Gasteiger partial charge in [-0.05, 0) is 48.0 Å². The van der Waals surface area contributed by atoms with Crippen LogP contribution in [0.3, 0.4) is 0 Å². The summed E-state index contributed by atoms with van der Waals surface area (Å²) in [5, 5.41) is 16.2. The lowest BCUT2D eigenvalue weighted by atomic mass is 10.1. The van der Waals surface area contributed by atoms with Crippen LogP contribution >= 0.6 is 23.4 Å². The minimum Gasteiger partial charge on any atom is -0.457 e. The fourth-order valence-electron chi connectivity index (χ4n) is 2.83. The van der Waals surface area contributed by atoms with Crippen LogP contribution in [0.15, 0.2) is 56.5 Å². The fraction of sp³-hybridized carbons (Fsp3) is 0.200. The molecule has 2 aliphatic rings. The van der Waals surface area contributed by atoms with Gasteiger partial charge >= 0.3 is 0 Å². The molecule has 3 heterocycles. The first-order chi connectivity index (χ1) is 13.4. The van der Waals surface area contributed by atoms with Crippen molar-refractivity contribution in [1.29, 1.82) is 5.41 Å². The van der Waals surface area contributed by atoms with E-state index in [1.54, 1.807) is 24.3 Å². The minimum atomic E-state index is -0.467. The number of fused-ring (bicyclic) bond motifs is 1. The van der Waals surface area contributed by atoms with Crippen LogP contribution in [-0.2, 0) is 4.79 Å². The van der Waals surface area contributed by atoms with Gasteiger partial charge in [-0.3, -0.25) is 10.2 Å². The molecule has 0 unspecified atom stereocenters. The Labute approximate surface area is 171 Å². The molecular formula is C20H17ClN4O2S. The Hall–Kier alpha value is -2.64. The van der Waals surface area contributed by atoms with E-state index in [0.717, 1.165) is 17.0 Å². The molecule has 0 bridgehead atoms. The number of benzene rings is 1. The quantitative estimate of drug-likeness (QED) is 0.694. The summed E-state index contributed by atoms with van der Waals surface area (Å²) in [6.45, 7) is 4.19. The smallest absolute Gasteiger partial charge is 0.283 e. The third-order valence-corrected chi connectivity index (χ3v) is 5.27. The van der Waals surface area contributed by atoms with Crippen molar-refractivity contribution in [3.8, 4) is 11.3 Å². The molecule has 0 spiro atoms. The molecule has 142 valence electrons. The van der Waals surface area contributed by atoms with Crippen molar-refractivity contribution in [2.75, 3.05) is 0 Å². The third kappa shape index (κ3) is 3.68. The molecule has 0 atom stereocenters. The molecule has 2 aromatic rings. The summed E-state index contributed by atoms with van der Waals surface area (Å²) in [6.07, 6.45) is 2.31. The first kappa shape index (κ1) is 18.7. The Morgan fingerprint density at radius 3 is 2.89 bits per heavy atom. The van der Waals surface area contributed by atoms with E-state index in [1.807, 2.05) is 12.1 Å². The van der Waals surface area contributed by atoms with Crippen LogP contribution in [0.1, 0.15) is 26.0 Å². The second kappa shape index (κ2) is 7.41. The Kier molecular flexibility index (Phi) is 4.95. The van der Waals surface area contributed by atoms with Crippen LogP contribution in [0.4, 0.5) is 0 Å². The maximum Gasteiger partial charge on any atom is 0.283 e. The molecule has 1 N–H and O–H groups in total. The van der Waals surface area contributed by atoms with Gasteiger partial charge in [0, 0.05) is 17.0 Å². The Morgan fingerprint density at radius 2 is 2.14 bits per heavy atom. The molecule has 0 saturated carbocycles. The van der Waals surface area contributed by atoms with E-state index >= 15 is 0 Å². The normalized spacial score (nSPS) is 18.0. The molecule has 8 heteroatoms. The van der Waals surface area contributed by atoms with Crippen LogP contribution in [-0.4, -0.2) is 27.0 Å². The van der Waals surface area contributed by atoms with Gasteiger partial charge in [-0.15, -0.1) is 0 Å². The van der Waals surface area contributed by atoms with E-state index in [9.17, 15) is 4.79 Å². The summed E-state index contributed by atoms with van der Waals surface area (Å²) < 4.78 is 5.82. The molecule has 6 nitrogen and oxygen atoms in total. The van der Waals surface area contributed by atoms with Crippen molar-refractivity contribution >= 4 is 51.4 Å². The molecule has 1 aromatic heterocycles. The van der Waals surface area contributed by atoms with E-state index in [1.165, 1.54) is 22.8 Å². The zero-order valence-corrected chi connectivity index (χ0v) is 16.8. The monoisotopic (exact) mass is 412 g/mol. The third-order valence-electron chi connectivity index (χ3n) is 4.10. The van der Waals surface area contributed by atoms with E-state index in [0.29, 0.717) is 27.6 Å². The van der Waals surface area contributed by atoms with Crippen molar-refractivity contribution < 1.29 is 9.21 Å². The lowest BCUT2D eigenvalue weighted by Crippen LogP contribution is -2.35. The number of hydrogen-bond donors (Lipinski definition) is 1. The number of carbonyl (C=O) groups is 1. The van der Waals surface area contributed by atoms with Crippen LogP contribution in [0.5, 0.6) is 0 Å². The number of amidine groups is 2. The SMILES string of the molecule is CC(C)CC1=NN2C(=N)/C(=C\c3ccc(-c4cccc(Cl)c4)o3)C(=O)N=C2S1. The highest BCUT2D eigenvalue weighted by molar-refractivity contribution is 8.26. The molecule has 0 radical (unpaired) electrons. The molecule has 0 aliphatic carbocycles. The zero-order chi connectivity index (χ0) is 19.8. The first-order valence-corrected chi connectivity index (χ1v) is 9.95. The van der Waals surface area contributed by atoms with E-state index in [-0.39, 0.29) is 11.4 Å². The van der Waals surface area contributed by atoms with E-state index in [4.69, 9.17) is 21.4 Å². The van der Waals surface area contributed by atoms with Crippen molar-refractivity contribution in [3.05, 3.63) is 52.8 Å². The minimum absolute atomic E-state index is 0.00182. The van der Waals surface area contributed by atoms with Crippen molar-refractivity contribution in [2.45, 2.75) is 20.3 Å². The molecule has 0 fully saturated rings. The highest BCUT2D eigenvalue weighted by Gasteiger charge is 2.35. The molecule has 1 aromatic carbocycles. The van der Waals surface area contributed by atoms with Gasteiger partial charge in [0.1, 0.15) is 16.6 Å². The van der Waals surface area contributed by atoms with E-state index in [2.05, 4.69) is 23.9 Å². The lowest BCUT2D eigenvalue weighted by molar-refractivity contribution is -0.114. The number of carbonyl (C=O) groups excluding carboxylic acids is 1. The summed E-state index contributed by atoms with van der Waals surface area (Å²) in [4.78, 5) is 16.5. The number of hydrogen-bond acceptors (Lipinski definition) is 5. The Balaban J connectivity index is 1.62. The second-order valence-corrected chi connectivity index (χ2v) is 8.30. The number of rotatable bonds is 4. The number of amides is 1. The largest absolute Gasteiger partial charge is 0.457 e. The number of thioether (sulfide) groups is 1. The van der Waals surface area contributed by atoms with Crippen molar-refractivity contribution in [3.63, 3.8) is 0 Å². The molecule has 28 heavy (non-hydrogen) atoms. The van der Waals surface area contributed by atoms with Crippen LogP contribution in [0.25, 0.3) is 17.4 Å². The Bertz CT molecular complexity index is 1070. The predicted octanol–water partition coefficient (Wildman–Crippen LogP) is 5.27. The van der Waals surface area contributed by atoms with Gasteiger partial charge in [-0.25, -0.2) is 0 Å². The average molecular weight is 413 g/mol. The topological polar surface area (TPSA) is 82.0 Å². The first-order valence-electron chi connectivity index (χ1n) is 8.75. The summed E-state index contributed by atoms with van der Waals surface area (Å²) in [6, 6.07) is 10.9. The number of furan rings is 1.